The highest BCUT2D eigenvalue weighted by Crippen LogP contribution is 2.57. The monoisotopic (exact) mass is 367 g/mol. The molecule has 0 radical (unpaired) electrons. The van der Waals surface area contributed by atoms with Gasteiger partial charge in [-0.25, -0.2) is 0 Å². The van der Waals surface area contributed by atoms with Gasteiger partial charge in [-0.2, -0.15) is 0 Å². The third kappa shape index (κ3) is 2.88. The molecule has 1 aliphatic heterocycles. The van der Waals surface area contributed by atoms with Crippen LogP contribution in [0, 0.1) is 11.8 Å². The van der Waals surface area contributed by atoms with E-state index in [1.165, 1.54) is 38.5 Å². The Labute approximate surface area is 159 Å². The lowest BCUT2D eigenvalue weighted by Crippen LogP contribution is -2.40. The lowest BCUT2D eigenvalue weighted by atomic mass is 9.79. The Morgan fingerprint density at radius 2 is 1.58 bits per heavy atom. The second-order valence-corrected chi connectivity index (χ2v) is 8.16. The second kappa shape index (κ2) is 6.31. The molecule has 134 valence electrons. The number of fused-ring (bicyclic) bond motifs is 2. The van der Waals surface area contributed by atoms with Crippen LogP contribution in [-0.4, -0.2) is 11.3 Å². The molecule has 3 nitrogen and oxygen atoms in total. The van der Waals surface area contributed by atoms with Gasteiger partial charge in [0, 0.05) is 16.9 Å². The molecule has 0 amide bonds. The summed E-state index contributed by atoms with van der Waals surface area (Å²) in [5.41, 5.74) is 2.31. The molecule has 0 aromatic heterocycles. The van der Waals surface area contributed by atoms with E-state index >= 15 is 0 Å². The summed E-state index contributed by atoms with van der Waals surface area (Å²) in [6.07, 6.45) is 7.49. The fraction of sp³-hybridized carbons (Fsp3) is 0.409. The number of benzene rings is 2. The Kier molecular flexibility index (Phi) is 3.93. The molecule has 26 heavy (non-hydrogen) atoms. The van der Waals surface area contributed by atoms with Crippen LogP contribution in [0.3, 0.4) is 0 Å². The van der Waals surface area contributed by atoms with Crippen LogP contribution < -0.4 is 4.74 Å². The summed E-state index contributed by atoms with van der Waals surface area (Å²) in [6, 6.07) is 15.6. The molecule has 2 atom stereocenters. The molecule has 4 heteroatoms. The molecule has 2 aliphatic carbocycles. The lowest BCUT2D eigenvalue weighted by Gasteiger charge is -2.38. The standard InChI is InChI=1S/C22H22ClNO2/c23-16-6-10-18(11-7-16)25-17-8-4-15(5-9-17)21-19-14-20(19)22(26-24-21)12-2-1-3-13-22/h4-11,19-20H,1-3,12-14H2. The number of hydrogen-bond acceptors (Lipinski definition) is 3. The van der Waals surface area contributed by atoms with Crippen LogP contribution in [-0.2, 0) is 4.84 Å². The van der Waals surface area contributed by atoms with Crippen molar-refractivity contribution < 1.29 is 9.57 Å². The molecule has 1 heterocycles. The maximum absolute atomic E-state index is 6.11. The van der Waals surface area contributed by atoms with Gasteiger partial charge in [0.1, 0.15) is 17.1 Å². The van der Waals surface area contributed by atoms with Gasteiger partial charge in [-0.1, -0.05) is 23.2 Å². The van der Waals surface area contributed by atoms with Gasteiger partial charge in [-0.05, 0) is 86.2 Å². The zero-order valence-electron chi connectivity index (χ0n) is 14.7. The van der Waals surface area contributed by atoms with E-state index in [0.717, 1.165) is 22.8 Å². The van der Waals surface area contributed by atoms with Crippen LogP contribution in [0.25, 0.3) is 0 Å². The Bertz CT molecular complexity index is 822. The summed E-state index contributed by atoms with van der Waals surface area (Å²) in [5.74, 6) is 2.83. The van der Waals surface area contributed by atoms with Gasteiger partial charge in [0.05, 0.1) is 5.71 Å². The van der Waals surface area contributed by atoms with Crippen molar-refractivity contribution in [3.8, 4) is 11.5 Å². The summed E-state index contributed by atoms with van der Waals surface area (Å²) >= 11 is 5.91. The number of oxime groups is 1. The Hall–Kier alpha value is -2.00. The second-order valence-electron chi connectivity index (χ2n) is 7.72. The lowest BCUT2D eigenvalue weighted by molar-refractivity contribution is -0.0932. The van der Waals surface area contributed by atoms with Crippen molar-refractivity contribution in [2.45, 2.75) is 44.1 Å². The van der Waals surface area contributed by atoms with E-state index in [1.54, 1.807) is 0 Å². The largest absolute Gasteiger partial charge is 0.457 e. The minimum Gasteiger partial charge on any atom is -0.457 e. The van der Waals surface area contributed by atoms with Gasteiger partial charge in [0.25, 0.3) is 0 Å². The third-order valence-electron chi connectivity index (χ3n) is 6.04. The zero-order chi connectivity index (χ0) is 17.6. The van der Waals surface area contributed by atoms with Crippen LogP contribution in [0.4, 0.5) is 0 Å². The SMILES string of the molecule is Clc1ccc(Oc2ccc(C3=NOC4(CCCCC4)C4CC34)cc2)cc1. The van der Waals surface area contributed by atoms with Crippen molar-refractivity contribution >= 4 is 17.3 Å². The molecule has 2 fully saturated rings. The van der Waals surface area contributed by atoms with E-state index in [-0.39, 0.29) is 5.60 Å². The highest BCUT2D eigenvalue weighted by Gasteiger charge is 2.59. The van der Waals surface area contributed by atoms with Crippen LogP contribution in [0.1, 0.15) is 44.1 Å². The average molecular weight is 368 g/mol. The first-order chi connectivity index (χ1) is 12.7. The van der Waals surface area contributed by atoms with E-state index in [2.05, 4.69) is 17.3 Å². The minimum absolute atomic E-state index is 0.0457. The molecular weight excluding hydrogens is 346 g/mol. The summed E-state index contributed by atoms with van der Waals surface area (Å²) < 4.78 is 5.87. The van der Waals surface area contributed by atoms with E-state index < -0.39 is 0 Å². The summed E-state index contributed by atoms with van der Waals surface area (Å²) in [7, 11) is 0. The normalized spacial score (nSPS) is 25.8. The van der Waals surface area contributed by atoms with Crippen molar-refractivity contribution in [1.29, 1.82) is 0 Å². The summed E-state index contributed by atoms with van der Waals surface area (Å²) in [4.78, 5) is 6.11. The molecule has 0 bridgehead atoms. The maximum Gasteiger partial charge on any atom is 0.141 e. The number of rotatable bonds is 3. The van der Waals surface area contributed by atoms with Gasteiger partial charge in [-0.15, -0.1) is 0 Å². The van der Waals surface area contributed by atoms with E-state index in [0.29, 0.717) is 16.9 Å². The first-order valence-corrected chi connectivity index (χ1v) is 9.91. The van der Waals surface area contributed by atoms with Crippen LogP contribution in [0.5, 0.6) is 11.5 Å². The van der Waals surface area contributed by atoms with E-state index in [4.69, 9.17) is 21.2 Å². The first kappa shape index (κ1) is 16.2. The van der Waals surface area contributed by atoms with Crippen molar-refractivity contribution in [3.63, 3.8) is 0 Å². The van der Waals surface area contributed by atoms with Gasteiger partial charge < -0.3 is 9.57 Å². The van der Waals surface area contributed by atoms with Gasteiger partial charge in [-0.3, -0.25) is 0 Å². The Balaban J connectivity index is 1.31. The molecule has 1 spiro atoms. The molecule has 2 aromatic rings. The third-order valence-corrected chi connectivity index (χ3v) is 6.29. The first-order valence-electron chi connectivity index (χ1n) is 9.53. The maximum atomic E-state index is 6.11. The molecular formula is C22H22ClNO2. The molecule has 0 N–H and O–H groups in total. The number of ether oxygens (including phenoxy) is 1. The fourth-order valence-corrected chi connectivity index (χ4v) is 4.69. The topological polar surface area (TPSA) is 30.8 Å². The van der Waals surface area contributed by atoms with Crippen LogP contribution >= 0.6 is 11.6 Å². The summed E-state index contributed by atoms with van der Waals surface area (Å²) in [6.45, 7) is 0. The summed E-state index contributed by atoms with van der Waals surface area (Å²) in [5, 5.41) is 5.29. The quantitative estimate of drug-likeness (QED) is 0.646. The van der Waals surface area contributed by atoms with Crippen molar-refractivity contribution in [2.75, 3.05) is 0 Å². The number of hydrogen-bond donors (Lipinski definition) is 0. The molecule has 2 aromatic carbocycles. The van der Waals surface area contributed by atoms with Crippen molar-refractivity contribution in [3.05, 3.63) is 59.1 Å². The molecule has 0 saturated heterocycles. The Morgan fingerprint density at radius 1 is 0.923 bits per heavy atom. The molecule has 3 aliphatic rings. The number of halogens is 1. The molecule has 2 unspecified atom stereocenters. The highest BCUT2D eigenvalue weighted by atomic mass is 35.5. The predicted octanol–water partition coefficient (Wildman–Crippen LogP) is 6.21. The van der Waals surface area contributed by atoms with E-state index in [1.807, 2.05) is 36.4 Å². The molecule has 5 rings (SSSR count). The van der Waals surface area contributed by atoms with Crippen LogP contribution in [0.15, 0.2) is 53.7 Å². The smallest absolute Gasteiger partial charge is 0.141 e. The average Bonchev–Trinajstić information content (AvgIpc) is 3.48. The van der Waals surface area contributed by atoms with Crippen molar-refractivity contribution in [2.24, 2.45) is 17.0 Å². The zero-order valence-corrected chi connectivity index (χ0v) is 15.4. The highest BCUT2D eigenvalue weighted by molar-refractivity contribution is 6.30. The van der Waals surface area contributed by atoms with Crippen molar-refractivity contribution in [1.82, 2.24) is 0 Å². The number of nitrogens with zero attached hydrogens (tertiary/aromatic N) is 1. The Morgan fingerprint density at radius 3 is 2.27 bits per heavy atom. The predicted molar refractivity (Wildman–Crippen MR) is 103 cm³/mol. The minimum atomic E-state index is 0.0457. The molecule has 2 saturated carbocycles. The van der Waals surface area contributed by atoms with Gasteiger partial charge >= 0.3 is 0 Å². The van der Waals surface area contributed by atoms with Crippen LogP contribution in [0.2, 0.25) is 5.02 Å². The van der Waals surface area contributed by atoms with Gasteiger partial charge in [0.15, 0.2) is 0 Å². The van der Waals surface area contributed by atoms with E-state index in [9.17, 15) is 0 Å². The fourth-order valence-electron chi connectivity index (χ4n) is 4.57. The van der Waals surface area contributed by atoms with Gasteiger partial charge in [0.2, 0.25) is 0 Å².